The van der Waals surface area contributed by atoms with Gasteiger partial charge in [0.1, 0.15) is 0 Å². The smallest absolute Gasteiger partial charge is 0.251 e. The van der Waals surface area contributed by atoms with Gasteiger partial charge >= 0.3 is 0 Å². The fourth-order valence-corrected chi connectivity index (χ4v) is 4.93. The molecular formula is C23H29N3O3. The van der Waals surface area contributed by atoms with Gasteiger partial charge in [0.05, 0.1) is 12.6 Å². The summed E-state index contributed by atoms with van der Waals surface area (Å²) in [5.74, 6) is 0.617. The van der Waals surface area contributed by atoms with Crippen LogP contribution in [0.3, 0.4) is 0 Å². The third-order valence-electron chi connectivity index (χ3n) is 6.28. The minimum absolute atomic E-state index is 0.0105. The van der Waals surface area contributed by atoms with Gasteiger partial charge in [-0.3, -0.25) is 9.59 Å². The van der Waals surface area contributed by atoms with Crippen molar-refractivity contribution in [2.45, 2.75) is 31.2 Å². The number of likely N-dealkylation sites (tertiary alicyclic amines) is 1. The Bertz CT molecular complexity index is 896. The van der Waals surface area contributed by atoms with E-state index in [-0.39, 0.29) is 24.1 Å². The van der Waals surface area contributed by atoms with Crippen LogP contribution in [0.15, 0.2) is 53.3 Å². The highest BCUT2D eigenvalue weighted by Crippen LogP contribution is 2.40. The third kappa shape index (κ3) is 4.43. The topological polar surface area (TPSA) is 74.6 Å². The number of rotatable bonds is 7. The van der Waals surface area contributed by atoms with Gasteiger partial charge in [0.15, 0.2) is 0 Å². The normalized spacial score (nSPS) is 23.4. The summed E-state index contributed by atoms with van der Waals surface area (Å²) < 4.78 is 1.91. The third-order valence-corrected chi connectivity index (χ3v) is 6.28. The second kappa shape index (κ2) is 8.93. The molecule has 6 nitrogen and oxygen atoms in total. The number of fused-ring (bicyclic) bond motifs is 4. The molecule has 2 N–H and O–H groups in total. The lowest BCUT2D eigenvalue weighted by Crippen LogP contribution is -2.52. The molecule has 4 rings (SSSR count). The first-order valence-electron chi connectivity index (χ1n) is 10.5. The molecule has 2 aliphatic rings. The summed E-state index contributed by atoms with van der Waals surface area (Å²) in [6, 6.07) is 15.4. The first-order chi connectivity index (χ1) is 14.2. The van der Waals surface area contributed by atoms with Crippen molar-refractivity contribution in [3.05, 3.63) is 70.1 Å². The van der Waals surface area contributed by atoms with E-state index in [0.29, 0.717) is 37.8 Å². The number of amides is 1. The number of hydrogen-bond donors (Lipinski definition) is 2. The van der Waals surface area contributed by atoms with Crippen molar-refractivity contribution in [3.63, 3.8) is 0 Å². The van der Waals surface area contributed by atoms with Crippen LogP contribution in [-0.4, -0.2) is 53.3 Å². The van der Waals surface area contributed by atoms with Crippen LogP contribution in [0, 0.1) is 5.92 Å². The molecule has 154 valence electrons. The number of β-amino-alcohol motifs (C(OH)–C–C–N with tert-alkyl or cyclic N) is 1. The van der Waals surface area contributed by atoms with Gasteiger partial charge < -0.3 is 19.9 Å². The van der Waals surface area contributed by atoms with Crippen LogP contribution in [-0.2, 0) is 11.2 Å². The van der Waals surface area contributed by atoms with Gasteiger partial charge in [0.2, 0.25) is 5.91 Å². The molecule has 0 radical (unpaired) electrons. The maximum absolute atomic E-state index is 12.7. The first kappa shape index (κ1) is 19.9. The Kier molecular flexibility index (Phi) is 6.11. The Hall–Kier alpha value is -2.44. The van der Waals surface area contributed by atoms with E-state index < -0.39 is 0 Å². The standard InChI is InChI=1S/C23H29N3O3/c27-12-11-25-15-18-13-19(16-25)21(26-20(18)7-4-8-23(26)29)14-24-22(28)10-9-17-5-2-1-3-6-17/h1-8,18-19,21,27H,9-16H2,(H,24,28)/t18-,19+,21+/m1/s1. The molecule has 1 aromatic carbocycles. The summed E-state index contributed by atoms with van der Waals surface area (Å²) in [4.78, 5) is 27.4. The number of pyridine rings is 1. The monoisotopic (exact) mass is 395 g/mol. The number of aryl methyl sites for hydroxylation is 1. The Morgan fingerprint density at radius 3 is 2.72 bits per heavy atom. The lowest BCUT2D eigenvalue weighted by atomic mass is 9.78. The Morgan fingerprint density at radius 1 is 1.10 bits per heavy atom. The number of nitrogens with one attached hydrogen (secondary N) is 1. The van der Waals surface area contributed by atoms with Crippen molar-refractivity contribution in [2.75, 3.05) is 32.8 Å². The Labute approximate surface area is 171 Å². The van der Waals surface area contributed by atoms with Crippen molar-refractivity contribution >= 4 is 5.91 Å². The molecule has 0 spiro atoms. The van der Waals surface area contributed by atoms with Crippen LogP contribution in [0.2, 0.25) is 0 Å². The molecule has 6 heteroatoms. The second-order valence-corrected chi connectivity index (χ2v) is 8.19. The number of aromatic nitrogens is 1. The molecule has 1 saturated heterocycles. The Balaban J connectivity index is 1.46. The number of nitrogens with zero attached hydrogens (tertiary/aromatic N) is 2. The zero-order valence-corrected chi connectivity index (χ0v) is 16.7. The number of piperidine rings is 1. The number of carbonyl (C=O) groups excluding carboxylic acids is 1. The lowest BCUT2D eigenvalue weighted by molar-refractivity contribution is -0.121. The molecule has 2 aliphatic heterocycles. The maximum atomic E-state index is 12.7. The fraction of sp³-hybridized carbons (Fsp3) is 0.478. The van der Waals surface area contributed by atoms with Gasteiger partial charge in [-0.2, -0.15) is 0 Å². The molecule has 0 unspecified atom stereocenters. The fourth-order valence-electron chi connectivity index (χ4n) is 4.93. The van der Waals surface area contributed by atoms with E-state index in [1.54, 1.807) is 6.07 Å². The molecule has 0 saturated carbocycles. The SMILES string of the molecule is O=C(CCc1ccccc1)NC[C@H]1[C@H]2C[C@H](CN(CCO)C2)c2cccc(=O)n21. The summed E-state index contributed by atoms with van der Waals surface area (Å²) in [7, 11) is 0. The predicted molar refractivity (Wildman–Crippen MR) is 112 cm³/mol. The lowest BCUT2D eigenvalue weighted by Gasteiger charge is -2.47. The van der Waals surface area contributed by atoms with Gasteiger partial charge in [-0.15, -0.1) is 0 Å². The van der Waals surface area contributed by atoms with Crippen LogP contribution < -0.4 is 10.9 Å². The van der Waals surface area contributed by atoms with Crippen molar-refractivity contribution < 1.29 is 9.90 Å². The molecule has 3 heterocycles. The molecule has 2 aromatic rings. The van der Waals surface area contributed by atoms with Crippen LogP contribution in [0.25, 0.3) is 0 Å². The molecule has 1 fully saturated rings. The van der Waals surface area contributed by atoms with Crippen molar-refractivity contribution in [3.8, 4) is 0 Å². The zero-order chi connectivity index (χ0) is 20.2. The molecule has 1 amide bonds. The van der Waals surface area contributed by atoms with Crippen LogP contribution in [0.5, 0.6) is 0 Å². The number of hydrogen-bond acceptors (Lipinski definition) is 4. The van der Waals surface area contributed by atoms with Gasteiger partial charge in [0.25, 0.3) is 5.56 Å². The highest BCUT2D eigenvalue weighted by Gasteiger charge is 2.40. The molecule has 1 aromatic heterocycles. The van der Waals surface area contributed by atoms with E-state index in [0.717, 1.165) is 30.8 Å². The summed E-state index contributed by atoms with van der Waals surface area (Å²) in [6.07, 6.45) is 2.18. The van der Waals surface area contributed by atoms with Gasteiger partial charge in [0, 0.05) is 50.3 Å². The minimum Gasteiger partial charge on any atom is -0.395 e. The van der Waals surface area contributed by atoms with Gasteiger partial charge in [-0.25, -0.2) is 0 Å². The summed E-state index contributed by atoms with van der Waals surface area (Å²) in [5, 5.41) is 12.4. The van der Waals surface area contributed by atoms with Crippen LogP contribution in [0.1, 0.15) is 36.1 Å². The molecule has 0 aliphatic carbocycles. The van der Waals surface area contributed by atoms with E-state index >= 15 is 0 Å². The van der Waals surface area contributed by atoms with Gasteiger partial charge in [-0.1, -0.05) is 36.4 Å². The zero-order valence-electron chi connectivity index (χ0n) is 16.7. The summed E-state index contributed by atoms with van der Waals surface area (Å²) >= 11 is 0. The number of aliphatic hydroxyl groups excluding tert-OH is 1. The quantitative estimate of drug-likeness (QED) is 0.746. The molecule has 3 atom stereocenters. The van der Waals surface area contributed by atoms with Crippen molar-refractivity contribution in [1.29, 1.82) is 0 Å². The summed E-state index contributed by atoms with van der Waals surface area (Å²) in [6.45, 7) is 2.98. The summed E-state index contributed by atoms with van der Waals surface area (Å²) in [5.41, 5.74) is 2.22. The maximum Gasteiger partial charge on any atom is 0.251 e. The van der Waals surface area contributed by atoms with Crippen molar-refractivity contribution in [2.24, 2.45) is 5.92 Å². The second-order valence-electron chi connectivity index (χ2n) is 8.19. The van der Waals surface area contributed by atoms with E-state index in [4.69, 9.17) is 0 Å². The molecular weight excluding hydrogens is 366 g/mol. The minimum atomic E-state index is -0.0443. The molecule has 2 bridgehead atoms. The molecule has 29 heavy (non-hydrogen) atoms. The van der Waals surface area contributed by atoms with E-state index in [9.17, 15) is 14.7 Å². The van der Waals surface area contributed by atoms with Gasteiger partial charge in [-0.05, 0) is 30.4 Å². The first-order valence-corrected chi connectivity index (χ1v) is 10.5. The highest BCUT2D eigenvalue weighted by molar-refractivity contribution is 5.76. The average Bonchev–Trinajstić information content (AvgIpc) is 2.73. The van der Waals surface area contributed by atoms with E-state index in [1.165, 1.54) is 0 Å². The largest absolute Gasteiger partial charge is 0.395 e. The number of benzene rings is 1. The predicted octanol–water partition coefficient (Wildman–Crippen LogP) is 1.55. The van der Waals surface area contributed by atoms with Crippen LogP contribution in [0.4, 0.5) is 0 Å². The number of aliphatic hydroxyl groups is 1. The van der Waals surface area contributed by atoms with E-state index in [1.807, 2.05) is 47.0 Å². The number of carbonyl (C=O) groups is 1. The average molecular weight is 396 g/mol. The Morgan fingerprint density at radius 2 is 1.93 bits per heavy atom. The van der Waals surface area contributed by atoms with E-state index in [2.05, 4.69) is 10.2 Å². The van der Waals surface area contributed by atoms with Crippen LogP contribution >= 0.6 is 0 Å². The highest BCUT2D eigenvalue weighted by atomic mass is 16.3. The van der Waals surface area contributed by atoms with Crippen molar-refractivity contribution in [1.82, 2.24) is 14.8 Å².